The first kappa shape index (κ1) is 58.5. The third-order valence-corrected chi connectivity index (χ3v) is 17.0. The first-order valence-corrected chi connectivity index (χ1v) is 29.1. The van der Waals surface area contributed by atoms with Gasteiger partial charge in [0.1, 0.15) is 54.5 Å². The van der Waals surface area contributed by atoms with Crippen LogP contribution in [-0.2, 0) is 38.2 Å². The molecule has 0 unspecified atom stereocenters. The van der Waals surface area contributed by atoms with Gasteiger partial charge in [0.05, 0.1) is 33.5 Å². The number of amides is 1. The average molecular weight is 1160 g/mol. The highest BCUT2D eigenvalue weighted by molar-refractivity contribution is 7.51. The normalized spacial score (nSPS) is 20.1. The first-order chi connectivity index (χ1) is 40.2. The Morgan fingerprint density at radius 1 is 0.651 bits per heavy atom. The highest BCUT2D eigenvalue weighted by Gasteiger charge is 2.47. The molecule has 2 aliphatic heterocycles. The number of H-pyrrole nitrogens is 2. The van der Waals surface area contributed by atoms with E-state index in [9.17, 15) is 29.1 Å². The van der Waals surface area contributed by atoms with Gasteiger partial charge in [-0.25, -0.2) is 24.0 Å². The number of carbonyl (C=O) groups is 1. The molecule has 7 aromatic rings. The summed E-state index contributed by atoms with van der Waals surface area (Å²) in [6.07, 6.45) is -3.00. The lowest BCUT2D eigenvalue weighted by atomic mass is 9.80. The summed E-state index contributed by atoms with van der Waals surface area (Å²) in [5.74, 6) is 1.14. The molecule has 3 aliphatic rings. The Morgan fingerprint density at radius 2 is 1.17 bits per heavy atom. The monoisotopic (exact) mass is 1150 g/mol. The lowest BCUT2D eigenvalue weighted by molar-refractivity contribution is -0.0937. The summed E-state index contributed by atoms with van der Waals surface area (Å²) in [6, 6.07) is 40.7. The fourth-order valence-electron chi connectivity index (χ4n) is 11.0. The molecule has 1 aliphatic carbocycles. The fourth-order valence-corrected chi connectivity index (χ4v) is 12.6. The summed E-state index contributed by atoms with van der Waals surface area (Å²) < 4.78 is 67.6. The minimum Gasteiger partial charge on any atom is -0.497 e. The molecule has 0 spiro atoms. The van der Waals surface area contributed by atoms with Crippen molar-refractivity contribution in [1.82, 2.24) is 29.5 Å². The second kappa shape index (κ2) is 25.8. The van der Waals surface area contributed by atoms with Gasteiger partial charge in [0.15, 0.2) is 0 Å². The largest absolute Gasteiger partial charge is 0.497 e. The number of hydrogen-bond acceptors (Lipinski definition) is 15. The number of unbranched alkanes of at least 4 members (excludes halogenated alkanes) is 2. The number of carbonyl (C=O) groups excluding carboxylic acids is 1. The van der Waals surface area contributed by atoms with Crippen molar-refractivity contribution in [2.75, 3.05) is 47.1 Å². The van der Waals surface area contributed by atoms with Gasteiger partial charge < -0.3 is 38.8 Å². The fraction of sp³-hybridized carbons (Fsp3) is 0.361. The number of ether oxygens (including phenoxy) is 6. The summed E-state index contributed by atoms with van der Waals surface area (Å²) in [5, 5.41) is 17.1. The Hall–Kier alpha value is -7.72. The van der Waals surface area contributed by atoms with Crippen LogP contribution in [0.5, 0.6) is 11.5 Å². The number of rotatable bonds is 24. The number of methoxy groups -OCH3 is 2. The number of alkyl carbamates (subject to hydrolysis) is 1. The predicted molar refractivity (Wildman–Crippen MR) is 307 cm³/mol. The van der Waals surface area contributed by atoms with Crippen molar-refractivity contribution in [3.63, 3.8) is 0 Å². The van der Waals surface area contributed by atoms with Crippen molar-refractivity contribution in [1.29, 1.82) is 0 Å². The molecule has 2 fully saturated rings. The minimum atomic E-state index is -4.50. The second-order valence-electron chi connectivity index (χ2n) is 20.7. The number of fused-ring (bicyclic) bond motifs is 3. The van der Waals surface area contributed by atoms with Crippen molar-refractivity contribution < 1.29 is 51.9 Å². The van der Waals surface area contributed by atoms with Crippen LogP contribution in [0, 0.1) is 13.8 Å². The van der Waals surface area contributed by atoms with Crippen LogP contribution in [0.2, 0.25) is 0 Å². The molecular formula is C61H67N6O15P. The molecule has 21 nitrogen and oxygen atoms in total. The molecule has 1 amide bonds. The third kappa shape index (κ3) is 12.9. The molecule has 10 rings (SSSR count). The Bertz CT molecular complexity index is 3590. The van der Waals surface area contributed by atoms with Crippen LogP contribution < -0.4 is 42.4 Å². The highest BCUT2D eigenvalue weighted by Crippen LogP contribution is 2.51. The lowest BCUT2D eigenvalue weighted by Gasteiger charge is -2.37. The third-order valence-electron chi connectivity index (χ3n) is 15.4. The molecule has 5 aromatic carbocycles. The van der Waals surface area contributed by atoms with Crippen molar-refractivity contribution in [3.05, 3.63) is 220 Å². The summed E-state index contributed by atoms with van der Waals surface area (Å²) in [7, 11) is -1.34. The molecule has 2 saturated heterocycles. The molecule has 4 heterocycles. The Balaban J connectivity index is 0.885. The molecular weight excluding hydrogens is 1090 g/mol. The van der Waals surface area contributed by atoms with E-state index in [0.717, 1.165) is 27.8 Å². The second-order valence-corrected chi connectivity index (χ2v) is 22.5. The van der Waals surface area contributed by atoms with E-state index in [2.05, 4.69) is 44.6 Å². The quantitative estimate of drug-likeness (QED) is 0.0223. The highest BCUT2D eigenvalue weighted by atomic mass is 31.2. The van der Waals surface area contributed by atoms with Gasteiger partial charge in [0.2, 0.25) is 0 Å². The standard InChI is InChI=1S/C61H67N6O15P/c1-38-33-66(58(71)64-56(38)69)54-31-50(68)52(80-54)37-79-83(74,63-30-14-6-13-29-62-60(73)77-35-49-47-19-11-9-17-45(47)46-18-10-12-20-48(46)49)82-51-32-55(67-34-39(2)57(70)65-59(67)72)81-53(51)36-78-61(40-15-7-5-8-16-40,41-21-25-43(75-3)26-22-41)42-23-27-44(76-4)28-24-42/h5,7-12,15-28,33-34,49-55,68H,6,13-14,29-32,35-37H2,1-4H3,(H,62,73)(H,63,74)(H,64,69,71)(H,65,70,72)/t50-,51-,52+,53+,54+,55+,83+/m0/s1. The summed E-state index contributed by atoms with van der Waals surface area (Å²) in [4.78, 5) is 68.8. The number of aromatic amines is 2. The van der Waals surface area contributed by atoms with Crippen molar-refractivity contribution >= 4 is 13.8 Å². The van der Waals surface area contributed by atoms with E-state index in [1.807, 2.05) is 103 Å². The Labute approximate surface area is 478 Å². The van der Waals surface area contributed by atoms with E-state index in [1.54, 1.807) is 21.1 Å². The molecule has 2 aromatic heterocycles. The van der Waals surface area contributed by atoms with Gasteiger partial charge in [-0.2, -0.15) is 0 Å². The van der Waals surface area contributed by atoms with Crippen molar-refractivity contribution in [2.24, 2.45) is 0 Å². The molecule has 7 atom stereocenters. The van der Waals surface area contributed by atoms with Crippen molar-refractivity contribution in [2.45, 2.75) is 94.3 Å². The zero-order valence-corrected chi connectivity index (χ0v) is 47.3. The Kier molecular flexibility index (Phi) is 18.2. The summed E-state index contributed by atoms with van der Waals surface area (Å²) in [5.41, 5.74) is 3.18. The van der Waals surface area contributed by atoms with E-state index < -0.39 is 85.4 Å². The smallest absolute Gasteiger partial charge is 0.407 e. The number of aliphatic hydroxyl groups excluding tert-OH is 1. The van der Waals surface area contributed by atoms with E-state index >= 15 is 4.57 Å². The number of aliphatic hydroxyl groups is 1. The predicted octanol–water partition coefficient (Wildman–Crippen LogP) is 7.47. The van der Waals surface area contributed by atoms with Crippen LogP contribution in [0.15, 0.2) is 159 Å². The maximum Gasteiger partial charge on any atom is 0.407 e. The number of aromatic nitrogens is 4. The van der Waals surface area contributed by atoms with E-state index in [4.69, 9.17) is 37.5 Å². The zero-order valence-electron chi connectivity index (χ0n) is 46.4. The van der Waals surface area contributed by atoms with Gasteiger partial charge in [0.25, 0.3) is 11.1 Å². The zero-order chi connectivity index (χ0) is 58.3. The van der Waals surface area contributed by atoms with E-state index in [-0.39, 0.29) is 49.6 Å². The van der Waals surface area contributed by atoms with Crippen LogP contribution in [0.4, 0.5) is 4.79 Å². The number of nitrogens with zero attached hydrogens (tertiary/aromatic N) is 2. The Morgan fingerprint density at radius 3 is 1.75 bits per heavy atom. The number of aryl methyl sites for hydroxylation is 2. The SMILES string of the molecule is COc1ccc(C(OC[C@H]2O[C@@H](n3cc(C)c(=O)[nH]c3=O)C[C@@H]2O[P@@](=O)(NCCCCCNC(=O)OCC2c3ccccc3-c3ccccc32)OC[C@H]2O[C@@H](n3cc(C)c(=O)[nH]c3=O)C[C@@H]2O)(c2ccccc2)c2ccc(OC)cc2)cc1. The van der Waals surface area contributed by atoms with Gasteiger partial charge >= 0.3 is 25.2 Å². The topological polar surface area (TPSA) is 262 Å². The van der Waals surface area contributed by atoms with Crippen LogP contribution >= 0.6 is 7.75 Å². The molecule has 0 bridgehead atoms. The molecule has 436 valence electrons. The molecule has 22 heteroatoms. The lowest BCUT2D eigenvalue weighted by Crippen LogP contribution is -2.39. The van der Waals surface area contributed by atoms with Crippen LogP contribution in [-0.4, -0.2) is 102 Å². The first-order valence-electron chi connectivity index (χ1n) is 27.6. The van der Waals surface area contributed by atoms with Gasteiger partial charge in [-0.15, -0.1) is 0 Å². The summed E-state index contributed by atoms with van der Waals surface area (Å²) in [6.45, 7) is 2.94. The molecule has 0 radical (unpaired) electrons. The van der Waals surface area contributed by atoms with E-state index in [1.165, 1.54) is 28.5 Å². The molecule has 0 saturated carbocycles. The van der Waals surface area contributed by atoms with Crippen LogP contribution in [0.25, 0.3) is 11.1 Å². The number of nitrogens with one attached hydrogen (secondary N) is 4. The maximum absolute atomic E-state index is 15.5. The van der Waals surface area contributed by atoms with Crippen LogP contribution in [0.3, 0.4) is 0 Å². The number of hydrogen-bond donors (Lipinski definition) is 5. The minimum absolute atomic E-state index is 0.0570. The molecule has 5 N–H and O–H groups in total. The molecule has 83 heavy (non-hydrogen) atoms. The summed E-state index contributed by atoms with van der Waals surface area (Å²) >= 11 is 0. The van der Waals surface area contributed by atoms with Gasteiger partial charge in [-0.1, -0.05) is 110 Å². The van der Waals surface area contributed by atoms with Gasteiger partial charge in [-0.05, 0) is 89.9 Å². The average Bonchev–Trinajstić information content (AvgIpc) is 3.85. The maximum atomic E-state index is 15.5. The van der Waals surface area contributed by atoms with Gasteiger partial charge in [-0.3, -0.25) is 37.7 Å². The van der Waals surface area contributed by atoms with Gasteiger partial charge in [0, 0.05) is 55.4 Å². The van der Waals surface area contributed by atoms with Crippen LogP contribution in [0.1, 0.15) is 89.4 Å². The van der Waals surface area contributed by atoms with Crippen molar-refractivity contribution in [3.8, 4) is 22.6 Å². The van der Waals surface area contributed by atoms with E-state index in [0.29, 0.717) is 48.4 Å². The number of benzene rings is 5.